The van der Waals surface area contributed by atoms with Crippen LogP contribution in [0.4, 0.5) is 0 Å². The molecule has 2 bridgehead atoms. The van der Waals surface area contributed by atoms with Gasteiger partial charge in [0, 0.05) is 25.2 Å². The molecule has 2 N–H and O–H groups in total. The molecule has 7 atom stereocenters. The number of hydrogen-bond acceptors (Lipinski definition) is 6. The van der Waals surface area contributed by atoms with Crippen LogP contribution in [0.3, 0.4) is 0 Å². The van der Waals surface area contributed by atoms with E-state index in [9.17, 15) is 15.0 Å². The van der Waals surface area contributed by atoms with Gasteiger partial charge in [0.05, 0.1) is 23.9 Å². The fourth-order valence-electron chi connectivity index (χ4n) is 5.62. The predicted octanol–water partition coefficient (Wildman–Crippen LogP) is 6.24. The molecule has 1 spiro atoms. The lowest BCUT2D eigenvalue weighted by Gasteiger charge is -2.49. The number of esters is 1. The van der Waals surface area contributed by atoms with E-state index < -0.39 is 17.9 Å². The van der Waals surface area contributed by atoms with E-state index in [1.807, 2.05) is 45.1 Å². The fraction of sp³-hybridized carbons (Fsp3) is 0.581. The number of hydrogen-bond donors (Lipinski definition) is 2. The zero-order valence-corrected chi connectivity index (χ0v) is 23.0. The van der Waals surface area contributed by atoms with E-state index in [0.717, 1.165) is 24.0 Å². The Bertz CT molecular complexity index is 1100. The average molecular weight is 511 g/mol. The van der Waals surface area contributed by atoms with Gasteiger partial charge < -0.3 is 24.4 Å². The van der Waals surface area contributed by atoms with Crippen molar-refractivity contribution in [2.45, 2.75) is 104 Å². The first-order chi connectivity index (χ1) is 17.5. The molecule has 1 aromatic carbocycles. The number of benzene rings is 1. The summed E-state index contributed by atoms with van der Waals surface area (Å²) < 4.78 is 19.2. The van der Waals surface area contributed by atoms with Crippen molar-refractivity contribution in [1.29, 1.82) is 0 Å². The molecule has 37 heavy (non-hydrogen) atoms. The maximum atomic E-state index is 13.6. The SMILES string of the molecule is C/C1=C\C=C\[C@H](C)[C@@H](O)/C(C)=C/C[C@@H]2C[C@@H](C[C@]3(CC[C@H](C)[C@@H](C)O3)O2)OC(=O)c2cc(C)c(O)cc21. The molecule has 3 aliphatic rings. The maximum absolute atomic E-state index is 13.6. The van der Waals surface area contributed by atoms with Crippen LogP contribution in [0, 0.1) is 18.8 Å². The molecule has 6 heteroatoms. The predicted molar refractivity (Wildman–Crippen MR) is 144 cm³/mol. The lowest BCUT2D eigenvalue weighted by atomic mass is 9.86. The maximum Gasteiger partial charge on any atom is 0.339 e. The highest BCUT2D eigenvalue weighted by molar-refractivity contribution is 5.96. The molecule has 3 heterocycles. The van der Waals surface area contributed by atoms with E-state index >= 15 is 0 Å². The van der Waals surface area contributed by atoms with Crippen LogP contribution in [-0.2, 0) is 14.2 Å². The summed E-state index contributed by atoms with van der Waals surface area (Å²) in [7, 11) is 0. The lowest BCUT2D eigenvalue weighted by Crippen LogP contribution is -2.53. The highest BCUT2D eigenvalue weighted by Gasteiger charge is 2.47. The van der Waals surface area contributed by atoms with E-state index in [-0.39, 0.29) is 30.0 Å². The normalized spacial score (nSPS) is 39.1. The molecule has 4 rings (SSSR count). The van der Waals surface area contributed by atoms with Crippen LogP contribution in [-0.4, -0.2) is 46.4 Å². The summed E-state index contributed by atoms with van der Waals surface area (Å²) in [6.45, 7) is 11.9. The zero-order valence-electron chi connectivity index (χ0n) is 23.0. The number of aromatic hydroxyl groups is 1. The largest absolute Gasteiger partial charge is 0.508 e. The molecule has 0 aliphatic carbocycles. The Balaban J connectivity index is 1.74. The van der Waals surface area contributed by atoms with E-state index in [1.165, 1.54) is 0 Å². The van der Waals surface area contributed by atoms with Gasteiger partial charge in [-0.05, 0) is 80.9 Å². The number of aliphatic hydroxyl groups is 1. The second-order valence-corrected chi connectivity index (χ2v) is 11.4. The van der Waals surface area contributed by atoms with Gasteiger partial charge in [0.1, 0.15) is 11.9 Å². The van der Waals surface area contributed by atoms with Crippen molar-refractivity contribution in [3.05, 3.63) is 58.7 Å². The van der Waals surface area contributed by atoms with Gasteiger partial charge in [0.2, 0.25) is 0 Å². The Morgan fingerprint density at radius 2 is 1.78 bits per heavy atom. The van der Waals surface area contributed by atoms with Gasteiger partial charge >= 0.3 is 5.97 Å². The molecule has 0 saturated carbocycles. The van der Waals surface area contributed by atoms with Crippen LogP contribution in [0.5, 0.6) is 5.75 Å². The minimum atomic E-state index is -0.787. The van der Waals surface area contributed by atoms with Crippen molar-refractivity contribution < 1.29 is 29.2 Å². The second kappa shape index (κ2) is 11.1. The van der Waals surface area contributed by atoms with E-state index in [1.54, 1.807) is 19.1 Å². The summed E-state index contributed by atoms with van der Waals surface area (Å²) in [4.78, 5) is 13.6. The monoisotopic (exact) mass is 510 g/mol. The topological polar surface area (TPSA) is 85.2 Å². The summed E-state index contributed by atoms with van der Waals surface area (Å²) in [5.41, 5.74) is 3.38. The van der Waals surface area contributed by atoms with Crippen molar-refractivity contribution in [2.75, 3.05) is 0 Å². The number of ether oxygens (including phenoxy) is 3. The number of carbonyl (C=O) groups excluding carboxylic acids is 1. The van der Waals surface area contributed by atoms with Gasteiger partial charge in [-0.15, -0.1) is 0 Å². The third-order valence-corrected chi connectivity index (χ3v) is 8.31. The smallest absolute Gasteiger partial charge is 0.339 e. The zero-order chi connectivity index (χ0) is 26.9. The minimum absolute atomic E-state index is 0.0487. The van der Waals surface area contributed by atoms with Crippen molar-refractivity contribution in [3.8, 4) is 5.75 Å². The Kier molecular flexibility index (Phi) is 8.32. The third-order valence-electron chi connectivity index (χ3n) is 8.31. The van der Waals surface area contributed by atoms with Crippen molar-refractivity contribution in [3.63, 3.8) is 0 Å². The van der Waals surface area contributed by atoms with Gasteiger partial charge in [0.25, 0.3) is 0 Å². The molecular weight excluding hydrogens is 468 g/mol. The summed E-state index contributed by atoms with van der Waals surface area (Å²) in [6.07, 6.45) is 10.0. The van der Waals surface area contributed by atoms with Crippen LogP contribution < -0.4 is 0 Å². The van der Waals surface area contributed by atoms with Crippen molar-refractivity contribution in [2.24, 2.45) is 11.8 Å². The van der Waals surface area contributed by atoms with Crippen molar-refractivity contribution in [1.82, 2.24) is 0 Å². The van der Waals surface area contributed by atoms with E-state index in [0.29, 0.717) is 41.9 Å². The van der Waals surface area contributed by atoms with Crippen LogP contribution in [0.1, 0.15) is 88.2 Å². The second-order valence-electron chi connectivity index (χ2n) is 11.4. The molecule has 0 amide bonds. The van der Waals surface area contributed by atoms with Gasteiger partial charge in [-0.25, -0.2) is 4.79 Å². The Morgan fingerprint density at radius 1 is 1.03 bits per heavy atom. The molecular formula is C31H42O6. The summed E-state index contributed by atoms with van der Waals surface area (Å²) in [6, 6.07) is 3.32. The standard InChI is InChI=1S/C31H42O6/c1-18-12-13-31(36-23(18)6)17-25-15-24(37-31)11-10-21(4)29(33)20(3)9-7-8-19(2)26-16-28(32)22(5)14-27(26)30(34)35-25/h7-10,14,16,18,20,23-25,29,32-33H,11-13,15,17H2,1-6H3/b9-7+,19-8+,21-10+/t18-,20-,23+,24+,25-,29+,31-/m0/s1. The lowest BCUT2D eigenvalue weighted by molar-refractivity contribution is -0.331. The van der Waals surface area contributed by atoms with Gasteiger partial charge in [-0.1, -0.05) is 38.2 Å². The summed E-state index contributed by atoms with van der Waals surface area (Å²) >= 11 is 0. The number of fused-ring (bicyclic) bond motifs is 3. The quantitative estimate of drug-likeness (QED) is 0.317. The summed E-state index contributed by atoms with van der Waals surface area (Å²) in [5.74, 6) is -0.725. The summed E-state index contributed by atoms with van der Waals surface area (Å²) in [5, 5.41) is 21.3. The Labute approximate surface area is 221 Å². The number of phenols is 1. The molecule has 202 valence electrons. The highest BCUT2D eigenvalue weighted by atomic mass is 16.7. The Morgan fingerprint density at radius 3 is 2.51 bits per heavy atom. The molecule has 3 aliphatic heterocycles. The number of aliphatic hydroxyl groups excluding tert-OH is 1. The highest BCUT2D eigenvalue weighted by Crippen LogP contribution is 2.43. The molecule has 0 radical (unpaired) electrons. The van der Waals surface area contributed by atoms with Gasteiger partial charge in [0.15, 0.2) is 5.79 Å². The van der Waals surface area contributed by atoms with E-state index in [4.69, 9.17) is 14.2 Å². The molecule has 2 fully saturated rings. The average Bonchev–Trinajstić information content (AvgIpc) is 2.85. The fourth-order valence-corrected chi connectivity index (χ4v) is 5.62. The molecule has 1 aromatic rings. The number of carbonyl (C=O) groups is 1. The molecule has 0 unspecified atom stereocenters. The first kappa shape index (κ1) is 27.6. The minimum Gasteiger partial charge on any atom is -0.508 e. The number of rotatable bonds is 0. The van der Waals surface area contributed by atoms with Gasteiger partial charge in [-0.3, -0.25) is 0 Å². The van der Waals surface area contributed by atoms with Crippen LogP contribution in [0.15, 0.2) is 42.0 Å². The molecule has 0 aromatic heterocycles. The van der Waals surface area contributed by atoms with Crippen LogP contribution >= 0.6 is 0 Å². The molecule has 2 saturated heterocycles. The number of allylic oxidation sites excluding steroid dienone is 3. The Hall–Kier alpha value is -2.41. The van der Waals surface area contributed by atoms with Crippen LogP contribution in [0.25, 0.3) is 5.57 Å². The van der Waals surface area contributed by atoms with Gasteiger partial charge in [-0.2, -0.15) is 0 Å². The van der Waals surface area contributed by atoms with Crippen LogP contribution in [0.2, 0.25) is 0 Å². The van der Waals surface area contributed by atoms with E-state index in [2.05, 4.69) is 13.8 Å². The molecule has 6 nitrogen and oxygen atoms in total. The van der Waals surface area contributed by atoms with Crippen molar-refractivity contribution >= 4 is 11.5 Å². The number of phenolic OH excluding ortho intramolecular Hbond substituents is 1. The third kappa shape index (κ3) is 6.19. The first-order valence-electron chi connectivity index (χ1n) is 13.6. The first-order valence-corrected chi connectivity index (χ1v) is 13.6. The number of aryl methyl sites for hydroxylation is 1.